The number of halogens is 1. The van der Waals surface area contributed by atoms with Crippen LogP contribution in [0, 0.1) is 5.82 Å². The molecular formula is C23H17FN4O5S. The van der Waals surface area contributed by atoms with Gasteiger partial charge >= 0.3 is 0 Å². The van der Waals surface area contributed by atoms with Crippen LogP contribution in [0.4, 0.5) is 15.8 Å². The molecule has 3 amide bonds. The summed E-state index contributed by atoms with van der Waals surface area (Å²) < 4.78 is 40.5. The van der Waals surface area contributed by atoms with Gasteiger partial charge in [-0.05, 0) is 61.4 Å². The van der Waals surface area contributed by atoms with Gasteiger partial charge in [-0.1, -0.05) is 6.07 Å². The molecule has 1 aliphatic carbocycles. The van der Waals surface area contributed by atoms with Crippen LogP contribution in [0.25, 0.3) is 0 Å². The Kier molecular flexibility index (Phi) is 5.13. The van der Waals surface area contributed by atoms with E-state index in [0.717, 1.165) is 22.5 Å². The van der Waals surface area contributed by atoms with Crippen molar-refractivity contribution in [3.8, 4) is 0 Å². The highest BCUT2D eigenvalue weighted by atomic mass is 32.2. The first-order valence-electron chi connectivity index (χ1n) is 10.3. The number of rotatable bonds is 5. The SMILES string of the molecule is O=C(Nc1cc(F)ccc1NC(=O)c1ccccn1)c1ccc2c(c1)S(=O)(=O)N(C1CC1)C2=O. The minimum atomic E-state index is -4.04. The maximum atomic E-state index is 13.9. The Morgan fingerprint density at radius 2 is 1.74 bits per heavy atom. The molecule has 0 radical (unpaired) electrons. The predicted octanol–water partition coefficient (Wildman–Crippen LogP) is 3.03. The second kappa shape index (κ2) is 8.03. The lowest BCUT2D eigenvalue weighted by atomic mass is 10.1. The molecule has 2 aliphatic rings. The van der Waals surface area contributed by atoms with Gasteiger partial charge in [0.25, 0.3) is 27.7 Å². The second-order valence-corrected chi connectivity index (χ2v) is 9.64. The van der Waals surface area contributed by atoms with E-state index in [4.69, 9.17) is 0 Å². The van der Waals surface area contributed by atoms with Gasteiger partial charge in [0, 0.05) is 17.8 Å². The molecule has 0 spiro atoms. The minimum absolute atomic E-state index is 0.0116. The number of carbonyl (C=O) groups excluding carboxylic acids is 3. The average Bonchev–Trinajstić information content (AvgIpc) is 3.62. The Morgan fingerprint density at radius 3 is 2.44 bits per heavy atom. The first-order chi connectivity index (χ1) is 16.3. The number of amides is 3. The molecule has 0 bridgehead atoms. The van der Waals surface area contributed by atoms with E-state index < -0.39 is 33.6 Å². The topological polar surface area (TPSA) is 126 Å². The Labute approximate surface area is 193 Å². The van der Waals surface area contributed by atoms with Gasteiger partial charge in [0.05, 0.1) is 16.9 Å². The van der Waals surface area contributed by atoms with Crippen LogP contribution in [0.2, 0.25) is 0 Å². The Morgan fingerprint density at radius 1 is 0.971 bits per heavy atom. The van der Waals surface area contributed by atoms with Gasteiger partial charge in [0.2, 0.25) is 0 Å². The van der Waals surface area contributed by atoms with E-state index in [2.05, 4.69) is 15.6 Å². The maximum Gasteiger partial charge on any atom is 0.274 e. The highest BCUT2D eigenvalue weighted by Crippen LogP contribution is 2.39. The van der Waals surface area contributed by atoms with Crippen molar-refractivity contribution in [1.29, 1.82) is 0 Å². The number of anilines is 2. The normalized spacial score (nSPS) is 16.1. The molecule has 172 valence electrons. The lowest BCUT2D eigenvalue weighted by molar-refractivity contribution is 0.0864. The van der Waals surface area contributed by atoms with Crippen molar-refractivity contribution in [2.45, 2.75) is 23.8 Å². The van der Waals surface area contributed by atoms with Gasteiger partial charge in [-0.2, -0.15) is 0 Å². The standard InChI is InChI=1S/C23H17FN4O5S/c24-14-5-9-17(26-22(30)18-3-1-2-10-25-18)19(12-14)27-21(29)13-4-8-16-20(11-13)34(32,33)28(23(16)31)15-6-7-15/h1-5,8-12,15H,6-7H2,(H,26,30)(H,27,29). The van der Waals surface area contributed by atoms with E-state index in [0.29, 0.717) is 12.8 Å². The van der Waals surface area contributed by atoms with Crippen LogP contribution in [-0.2, 0) is 10.0 Å². The summed E-state index contributed by atoms with van der Waals surface area (Å²) in [7, 11) is -4.04. The van der Waals surface area contributed by atoms with Crippen LogP contribution in [0.15, 0.2) is 65.7 Å². The molecular weight excluding hydrogens is 463 g/mol. The number of aromatic nitrogens is 1. The monoisotopic (exact) mass is 480 g/mol. The summed E-state index contributed by atoms with van der Waals surface area (Å²) in [6.45, 7) is 0. The molecule has 1 aromatic heterocycles. The van der Waals surface area contributed by atoms with Gasteiger partial charge in [-0.25, -0.2) is 17.1 Å². The summed E-state index contributed by atoms with van der Waals surface area (Å²) in [5.74, 6) is -2.57. The smallest absolute Gasteiger partial charge is 0.274 e. The first-order valence-corrected chi connectivity index (χ1v) is 11.8. The maximum absolute atomic E-state index is 13.9. The Balaban J connectivity index is 1.42. The lowest BCUT2D eigenvalue weighted by Crippen LogP contribution is -2.31. The van der Waals surface area contributed by atoms with E-state index in [9.17, 15) is 27.2 Å². The fraction of sp³-hybridized carbons (Fsp3) is 0.130. The molecule has 9 nitrogen and oxygen atoms in total. The number of benzene rings is 2. The highest BCUT2D eigenvalue weighted by molar-refractivity contribution is 7.90. The third-order valence-electron chi connectivity index (χ3n) is 5.47. The molecule has 0 saturated heterocycles. The zero-order chi connectivity index (χ0) is 24.0. The summed E-state index contributed by atoms with van der Waals surface area (Å²) in [5, 5.41) is 5.06. The van der Waals surface area contributed by atoms with Crippen molar-refractivity contribution in [2.24, 2.45) is 0 Å². The van der Waals surface area contributed by atoms with Gasteiger partial charge < -0.3 is 10.6 Å². The molecule has 2 N–H and O–H groups in total. The number of nitrogens with zero attached hydrogens (tertiary/aromatic N) is 2. The van der Waals surface area contributed by atoms with Gasteiger partial charge in [-0.15, -0.1) is 0 Å². The number of hydrogen-bond acceptors (Lipinski definition) is 6. The number of carbonyl (C=O) groups is 3. The van der Waals surface area contributed by atoms with E-state index in [-0.39, 0.29) is 39.1 Å². The summed E-state index contributed by atoms with van der Waals surface area (Å²) in [5.41, 5.74) is 0.178. The highest BCUT2D eigenvalue weighted by Gasteiger charge is 2.48. The molecule has 11 heteroatoms. The fourth-order valence-corrected chi connectivity index (χ4v) is 5.51. The van der Waals surface area contributed by atoms with Crippen molar-refractivity contribution >= 4 is 39.1 Å². The van der Waals surface area contributed by atoms with Crippen LogP contribution in [0.3, 0.4) is 0 Å². The van der Waals surface area contributed by atoms with Crippen LogP contribution in [0.5, 0.6) is 0 Å². The minimum Gasteiger partial charge on any atom is -0.320 e. The number of sulfonamides is 1. The third kappa shape index (κ3) is 3.79. The van der Waals surface area contributed by atoms with Gasteiger partial charge in [0.15, 0.2) is 0 Å². The van der Waals surface area contributed by atoms with Crippen molar-refractivity contribution in [1.82, 2.24) is 9.29 Å². The van der Waals surface area contributed by atoms with Crippen molar-refractivity contribution in [3.63, 3.8) is 0 Å². The Bertz CT molecular complexity index is 1460. The number of hydrogen-bond donors (Lipinski definition) is 2. The molecule has 1 fully saturated rings. The van der Waals surface area contributed by atoms with Crippen LogP contribution >= 0.6 is 0 Å². The van der Waals surface area contributed by atoms with E-state index in [1.165, 1.54) is 30.5 Å². The van der Waals surface area contributed by atoms with Crippen LogP contribution in [0.1, 0.15) is 44.0 Å². The number of nitrogens with one attached hydrogen (secondary N) is 2. The van der Waals surface area contributed by atoms with Crippen molar-refractivity contribution in [2.75, 3.05) is 10.6 Å². The summed E-state index contributed by atoms with van der Waals surface area (Å²) in [6.07, 6.45) is 2.66. The van der Waals surface area contributed by atoms with Gasteiger partial charge in [0.1, 0.15) is 16.4 Å². The summed E-state index contributed by atoms with van der Waals surface area (Å²) >= 11 is 0. The molecule has 1 aliphatic heterocycles. The molecule has 3 aromatic rings. The molecule has 34 heavy (non-hydrogen) atoms. The molecule has 5 rings (SSSR count). The summed E-state index contributed by atoms with van der Waals surface area (Å²) in [6, 6.07) is 11.6. The quantitative estimate of drug-likeness (QED) is 0.578. The van der Waals surface area contributed by atoms with Crippen molar-refractivity contribution in [3.05, 3.63) is 83.4 Å². The molecule has 2 heterocycles. The fourth-order valence-electron chi connectivity index (χ4n) is 3.67. The number of fused-ring (bicyclic) bond motifs is 1. The zero-order valence-corrected chi connectivity index (χ0v) is 18.3. The van der Waals surface area contributed by atoms with Crippen LogP contribution < -0.4 is 10.6 Å². The average molecular weight is 480 g/mol. The largest absolute Gasteiger partial charge is 0.320 e. The van der Waals surface area contributed by atoms with Crippen LogP contribution in [-0.4, -0.2) is 41.5 Å². The third-order valence-corrected chi connectivity index (χ3v) is 7.34. The lowest BCUT2D eigenvalue weighted by Gasteiger charge is -2.13. The Hall–Kier alpha value is -4.12. The first kappa shape index (κ1) is 21.7. The zero-order valence-electron chi connectivity index (χ0n) is 17.5. The predicted molar refractivity (Wildman–Crippen MR) is 119 cm³/mol. The van der Waals surface area contributed by atoms with Gasteiger partial charge in [-0.3, -0.25) is 19.4 Å². The summed E-state index contributed by atoms with van der Waals surface area (Å²) in [4.78, 5) is 41.6. The van der Waals surface area contributed by atoms with E-state index >= 15 is 0 Å². The molecule has 2 aromatic carbocycles. The number of pyridine rings is 1. The second-order valence-electron chi connectivity index (χ2n) is 7.86. The molecule has 0 unspecified atom stereocenters. The van der Waals surface area contributed by atoms with E-state index in [1.807, 2.05) is 0 Å². The molecule has 1 saturated carbocycles. The van der Waals surface area contributed by atoms with Crippen molar-refractivity contribution < 1.29 is 27.2 Å². The van der Waals surface area contributed by atoms with E-state index in [1.54, 1.807) is 12.1 Å². The molecule has 0 atom stereocenters.